The fourth-order valence-electron chi connectivity index (χ4n) is 3.64. The van der Waals surface area contributed by atoms with Gasteiger partial charge in [0, 0.05) is 23.6 Å². The number of carbonyl (C=O) groups is 1. The highest BCUT2D eigenvalue weighted by Gasteiger charge is 2.50. The molecule has 0 aromatic carbocycles. The summed E-state index contributed by atoms with van der Waals surface area (Å²) >= 11 is 6.00. The largest absolute Gasteiger partial charge is 0.477 e. The van der Waals surface area contributed by atoms with Crippen LogP contribution in [-0.4, -0.2) is 45.3 Å². The van der Waals surface area contributed by atoms with E-state index in [4.69, 9.17) is 21.1 Å². The van der Waals surface area contributed by atoms with Gasteiger partial charge in [-0.1, -0.05) is 11.6 Å². The van der Waals surface area contributed by atoms with Gasteiger partial charge in [-0.3, -0.25) is 0 Å². The van der Waals surface area contributed by atoms with Gasteiger partial charge in [-0.2, -0.15) is 0 Å². The maximum atomic E-state index is 12.5. The molecule has 6 nitrogen and oxygen atoms in total. The molecule has 2 fully saturated rings. The molecule has 2 saturated heterocycles. The molecule has 0 spiro atoms. The SMILES string of the molecule is Cc1c(Cl)ncnc1OCC1CC2CCC1N2C(=O)OC(C)(C)C. The molecule has 7 heteroatoms. The summed E-state index contributed by atoms with van der Waals surface area (Å²) in [6.45, 7) is 8.04. The molecule has 24 heavy (non-hydrogen) atoms. The van der Waals surface area contributed by atoms with Gasteiger partial charge < -0.3 is 14.4 Å². The minimum atomic E-state index is -0.472. The Kier molecular flexibility index (Phi) is 4.60. The first kappa shape index (κ1) is 17.3. The Labute approximate surface area is 147 Å². The average molecular weight is 354 g/mol. The van der Waals surface area contributed by atoms with Crippen LogP contribution in [0.3, 0.4) is 0 Å². The highest BCUT2D eigenvalue weighted by molar-refractivity contribution is 6.30. The molecule has 0 N–H and O–H groups in total. The van der Waals surface area contributed by atoms with E-state index in [-0.39, 0.29) is 18.2 Å². The van der Waals surface area contributed by atoms with Crippen molar-refractivity contribution in [3.05, 3.63) is 17.0 Å². The lowest BCUT2D eigenvalue weighted by molar-refractivity contribution is 0.0198. The third-order valence-corrected chi connectivity index (χ3v) is 5.06. The fraction of sp³-hybridized carbons (Fsp3) is 0.706. The summed E-state index contributed by atoms with van der Waals surface area (Å²) in [6, 6.07) is 0.441. The van der Waals surface area contributed by atoms with Crippen molar-refractivity contribution in [2.75, 3.05) is 6.61 Å². The van der Waals surface area contributed by atoms with Crippen molar-refractivity contribution >= 4 is 17.7 Å². The van der Waals surface area contributed by atoms with Crippen LogP contribution in [0.15, 0.2) is 6.33 Å². The van der Waals surface area contributed by atoms with Crippen LogP contribution in [0.25, 0.3) is 0 Å². The van der Waals surface area contributed by atoms with Gasteiger partial charge in [-0.15, -0.1) is 0 Å². The Morgan fingerprint density at radius 3 is 2.83 bits per heavy atom. The number of fused-ring (bicyclic) bond motifs is 2. The molecule has 3 rings (SSSR count). The van der Waals surface area contributed by atoms with Crippen LogP contribution >= 0.6 is 11.6 Å². The van der Waals surface area contributed by atoms with Crippen LogP contribution in [0.1, 0.15) is 45.6 Å². The first-order chi connectivity index (χ1) is 11.3. The molecule has 132 valence electrons. The summed E-state index contributed by atoms with van der Waals surface area (Å²) in [5.41, 5.74) is 0.270. The fourth-order valence-corrected chi connectivity index (χ4v) is 3.76. The molecule has 3 atom stereocenters. The number of aromatic nitrogens is 2. The number of hydrogen-bond acceptors (Lipinski definition) is 5. The zero-order valence-electron chi connectivity index (χ0n) is 14.6. The Balaban J connectivity index is 1.63. The Morgan fingerprint density at radius 2 is 2.12 bits per heavy atom. The molecule has 0 saturated carbocycles. The summed E-state index contributed by atoms with van der Waals surface area (Å²) in [5, 5.41) is 0.406. The van der Waals surface area contributed by atoms with E-state index in [1.54, 1.807) is 0 Å². The summed E-state index contributed by atoms with van der Waals surface area (Å²) in [6.07, 6.45) is 4.18. The second-order valence-electron chi connectivity index (χ2n) is 7.59. The van der Waals surface area contributed by atoms with Crippen LogP contribution in [-0.2, 0) is 4.74 Å². The smallest absolute Gasteiger partial charge is 0.410 e. The molecular weight excluding hydrogens is 330 g/mol. The van der Waals surface area contributed by atoms with E-state index in [0.717, 1.165) is 24.8 Å². The molecule has 0 radical (unpaired) electrons. The first-order valence-corrected chi connectivity index (χ1v) is 8.75. The summed E-state index contributed by atoms with van der Waals surface area (Å²) in [5.74, 6) is 0.811. The second kappa shape index (κ2) is 6.39. The Hall–Kier alpha value is -1.56. The summed E-state index contributed by atoms with van der Waals surface area (Å²) in [4.78, 5) is 22.5. The van der Waals surface area contributed by atoms with Gasteiger partial charge in [0.2, 0.25) is 5.88 Å². The minimum Gasteiger partial charge on any atom is -0.477 e. The number of nitrogens with zero attached hydrogens (tertiary/aromatic N) is 3. The van der Waals surface area contributed by atoms with Gasteiger partial charge >= 0.3 is 6.09 Å². The Bertz CT molecular complexity index is 632. The minimum absolute atomic E-state index is 0.183. The van der Waals surface area contributed by atoms with E-state index in [2.05, 4.69) is 9.97 Å². The molecule has 2 bridgehead atoms. The van der Waals surface area contributed by atoms with Gasteiger partial charge in [-0.25, -0.2) is 14.8 Å². The maximum Gasteiger partial charge on any atom is 0.410 e. The van der Waals surface area contributed by atoms with Gasteiger partial charge in [0.05, 0.1) is 6.61 Å². The lowest BCUT2D eigenvalue weighted by Crippen LogP contribution is -2.41. The number of rotatable bonds is 3. The van der Waals surface area contributed by atoms with Crippen LogP contribution in [0, 0.1) is 12.8 Å². The number of hydrogen-bond donors (Lipinski definition) is 0. The van der Waals surface area contributed by atoms with E-state index in [9.17, 15) is 4.79 Å². The van der Waals surface area contributed by atoms with Crippen molar-refractivity contribution in [1.29, 1.82) is 0 Å². The van der Waals surface area contributed by atoms with Gasteiger partial charge in [-0.05, 0) is 47.0 Å². The molecule has 3 heterocycles. The number of ether oxygens (including phenoxy) is 2. The van der Waals surface area contributed by atoms with E-state index >= 15 is 0 Å². The van der Waals surface area contributed by atoms with Crippen molar-refractivity contribution in [1.82, 2.24) is 14.9 Å². The molecular formula is C17H24ClN3O3. The van der Waals surface area contributed by atoms with Crippen molar-refractivity contribution in [3.8, 4) is 5.88 Å². The van der Waals surface area contributed by atoms with Crippen LogP contribution < -0.4 is 4.74 Å². The third kappa shape index (κ3) is 3.43. The van der Waals surface area contributed by atoms with Crippen LogP contribution in [0.2, 0.25) is 5.15 Å². The monoisotopic (exact) mass is 353 g/mol. The quantitative estimate of drug-likeness (QED) is 0.777. The highest BCUT2D eigenvalue weighted by atomic mass is 35.5. The second-order valence-corrected chi connectivity index (χ2v) is 7.95. The van der Waals surface area contributed by atoms with Crippen molar-refractivity contribution in [2.24, 2.45) is 5.92 Å². The van der Waals surface area contributed by atoms with Gasteiger partial charge in [0.15, 0.2) is 0 Å². The number of halogens is 1. The van der Waals surface area contributed by atoms with Crippen LogP contribution in [0.5, 0.6) is 5.88 Å². The zero-order chi connectivity index (χ0) is 17.5. The average Bonchev–Trinajstić information content (AvgIpc) is 3.04. The van der Waals surface area contributed by atoms with E-state index in [1.165, 1.54) is 6.33 Å². The predicted octanol–water partition coefficient (Wildman–Crippen LogP) is 3.61. The molecule has 2 aliphatic rings. The van der Waals surface area contributed by atoms with Crippen molar-refractivity contribution < 1.29 is 14.3 Å². The first-order valence-electron chi connectivity index (χ1n) is 8.37. The number of amides is 1. The van der Waals surface area contributed by atoms with E-state index in [1.807, 2.05) is 32.6 Å². The van der Waals surface area contributed by atoms with Gasteiger partial charge in [0.25, 0.3) is 0 Å². The molecule has 0 aliphatic carbocycles. The normalized spacial score (nSPS) is 25.9. The molecule has 1 amide bonds. The maximum absolute atomic E-state index is 12.5. The predicted molar refractivity (Wildman–Crippen MR) is 90.3 cm³/mol. The van der Waals surface area contributed by atoms with E-state index in [0.29, 0.717) is 23.6 Å². The summed E-state index contributed by atoms with van der Waals surface area (Å²) < 4.78 is 11.4. The Morgan fingerprint density at radius 1 is 1.38 bits per heavy atom. The summed E-state index contributed by atoms with van der Waals surface area (Å²) in [7, 11) is 0. The third-order valence-electron chi connectivity index (χ3n) is 4.68. The molecule has 3 unspecified atom stereocenters. The lowest BCUT2D eigenvalue weighted by Gasteiger charge is -2.28. The zero-order valence-corrected chi connectivity index (χ0v) is 15.3. The highest BCUT2D eigenvalue weighted by Crippen LogP contribution is 2.42. The van der Waals surface area contributed by atoms with Crippen molar-refractivity contribution in [3.63, 3.8) is 0 Å². The number of carbonyl (C=O) groups excluding carboxylic acids is 1. The van der Waals surface area contributed by atoms with Crippen LogP contribution in [0.4, 0.5) is 4.79 Å². The van der Waals surface area contributed by atoms with Gasteiger partial charge in [0.1, 0.15) is 17.1 Å². The molecule has 2 aliphatic heterocycles. The van der Waals surface area contributed by atoms with E-state index < -0.39 is 5.60 Å². The molecule has 1 aromatic heterocycles. The lowest BCUT2D eigenvalue weighted by atomic mass is 9.90. The standard InChI is InChI=1S/C17H24ClN3O3/c1-10-14(18)19-9-20-15(10)23-8-11-7-12-5-6-13(11)21(12)16(22)24-17(2,3)4/h9,11-13H,5-8H2,1-4H3. The molecule has 1 aromatic rings. The topological polar surface area (TPSA) is 64.6 Å². The van der Waals surface area contributed by atoms with Crippen molar-refractivity contribution in [2.45, 2.75) is 64.6 Å².